The molecule has 0 bridgehead atoms. The molecule has 0 fully saturated rings. The molecule has 1 amide bonds. The SMILES string of the molecule is C=CC1=C(C=C)N(I)CC(=O)N1. The zero-order valence-corrected chi connectivity index (χ0v) is 8.67. The maximum atomic E-state index is 11.0. The van der Waals surface area contributed by atoms with Crippen LogP contribution in [-0.2, 0) is 4.79 Å². The van der Waals surface area contributed by atoms with E-state index in [0.717, 1.165) is 11.4 Å². The molecule has 1 rings (SSSR count). The van der Waals surface area contributed by atoms with E-state index < -0.39 is 0 Å². The number of carbonyl (C=O) groups is 1. The summed E-state index contributed by atoms with van der Waals surface area (Å²) in [7, 11) is 0. The average Bonchev–Trinajstić information content (AvgIpc) is 2.03. The van der Waals surface area contributed by atoms with Gasteiger partial charge < -0.3 is 8.43 Å². The first-order chi connectivity index (χ1) is 5.69. The Morgan fingerprint density at radius 3 is 2.67 bits per heavy atom. The van der Waals surface area contributed by atoms with Gasteiger partial charge in [-0.3, -0.25) is 4.79 Å². The topological polar surface area (TPSA) is 32.3 Å². The highest BCUT2D eigenvalue weighted by Gasteiger charge is 2.18. The highest BCUT2D eigenvalue weighted by molar-refractivity contribution is 14.1. The molecule has 0 aromatic carbocycles. The minimum atomic E-state index is -0.0232. The molecule has 0 aromatic heterocycles. The van der Waals surface area contributed by atoms with E-state index in [2.05, 4.69) is 41.3 Å². The predicted octanol–water partition coefficient (Wildman–Crippen LogP) is 1.35. The van der Waals surface area contributed by atoms with Crippen molar-refractivity contribution in [1.82, 2.24) is 8.43 Å². The summed E-state index contributed by atoms with van der Waals surface area (Å²) in [6.45, 7) is 7.62. The largest absolute Gasteiger partial charge is 0.323 e. The fourth-order valence-electron chi connectivity index (χ4n) is 0.960. The molecule has 0 aromatic rings. The fourth-order valence-corrected chi connectivity index (χ4v) is 1.73. The highest BCUT2D eigenvalue weighted by atomic mass is 127. The van der Waals surface area contributed by atoms with E-state index in [1.54, 1.807) is 15.3 Å². The Hall–Kier alpha value is -0.780. The second kappa shape index (κ2) is 3.75. The number of nitrogens with zero attached hydrogens (tertiary/aromatic N) is 1. The molecule has 0 unspecified atom stereocenters. The van der Waals surface area contributed by atoms with Crippen molar-refractivity contribution in [2.75, 3.05) is 6.54 Å². The van der Waals surface area contributed by atoms with Gasteiger partial charge >= 0.3 is 0 Å². The lowest BCUT2D eigenvalue weighted by molar-refractivity contribution is -0.120. The van der Waals surface area contributed by atoms with Crippen molar-refractivity contribution in [3.05, 3.63) is 36.7 Å². The first-order valence-electron chi connectivity index (χ1n) is 3.41. The van der Waals surface area contributed by atoms with Crippen LogP contribution in [0.5, 0.6) is 0 Å². The molecule has 12 heavy (non-hydrogen) atoms. The molecular weight excluding hydrogens is 267 g/mol. The zero-order valence-electron chi connectivity index (χ0n) is 6.51. The number of halogens is 1. The van der Waals surface area contributed by atoms with Gasteiger partial charge in [0.05, 0.1) is 34.3 Å². The molecule has 0 radical (unpaired) electrons. The van der Waals surface area contributed by atoms with Crippen molar-refractivity contribution in [1.29, 1.82) is 0 Å². The monoisotopic (exact) mass is 276 g/mol. The first kappa shape index (κ1) is 9.31. The van der Waals surface area contributed by atoms with Crippen LogP contribution in [-0.4, -0.2) is 15.6 Å². The van der Waals surface area contributed by atoms with Gasteiger partial charge in [-0.15, -0.1) is 0 Å². The Morgan fingerprint density at radius 2 is 2.17 bits per heavy atom. The van der Waals surface area contributed by atoms with E-state index >= 15 is 0 Å². The molecule has 1 aliphatic rings. The third-order valence-electron chi connectivity index (χ3n) is 1.49. The Morgan fingerprint density at radius 1 is 1.50 bits per heavy atom. The molecule has 64 valence electrons. The molecule has 0 aliphatic carbocycles. The lowest BCUT2D eigenvalue weighted by atomic mass is 10.2. The molecule has 0 saturated heterocycles. The van der Waals surface area contributed by atoms with E-state index in [9.17, 15) is 4.79 Å². The van der Waals surface area contributed by atoms with E-state index in [0.29, 0.717) is 6.54 Å². The summed E-state index contributed by atoms with van der Waals surface area (Å²) in [5.74, 6) is -0.0232. The van der Waals surface area contributed by atoms with Crippen LogP contribution in [0.15, 0.2) is 36.7 Å². The van der Waals surface area contributed by atoms with E-state index in [-0.39, 0.29) is 5.91 Å². The lowest BCUT2D eigenvalue weighted by Gasteiger charge is -2.25. The smallest absolute Gasteiger partial charge is 0.244 e. The van der Waals surface area contributed by atoms with Crippen molar-refractivity contribution in [3.63, 3.8) is 0 Å². The maximum Gasteiger partial charge on any atom is 0.244 e. The number of carbonyl (C=O) groups excluding carboxylic acids is 1. The van der Waals surface area contributed by atoms with Gasteiger partial charge in [-0.2, -0.15) is 0 Å². The van der Waals surface area contributed by atoms with Gasteiger partial charge in [0.15, 0.2) is 0 Å². The molecule has 1 heterocycles. The van der Waals surface area contributed by atoms with E-state index in [1.165, 1.54) is 0 Å². The normalized spacial score (nSPS) is 17.4. The summed E-state index contributed by atoms with van der Waals surface area (Å²) in [5, 5.41) is 2.70. The van der Waals surface area contributed by atoms with Gasteiger partial charge in [0.1, 0.15) is 6.54 Å². The van der Waals surface area contributed by atoms with Gasteiger partial charge in [-0.1, -0.05) is 13.2 Å². The summed E-state index contributed by atoms with van der Waals surface area (Å²) in [6, 6.07) is 0. The van der Waals surface area contributed by atoms with Crippen LogP contribution in [0.4, 0.5) is 0 Å². The summed E-state index contributed by atoms with van der Waals surface area (Å²) in [6.07, 6.45) is 3.31. The Balaban J connectivity index is 3.05. The molecule has 1 N–H and O–H groups in total. The van der Waals surface area contributed by atoms with Crippen LogP contribution in [0, 0.1) is 0 Å². The van der Waals surface area contributed by atoms with Gasteiger partial charge in [-0.25, -0.2) is 0 Å². The fraction of sp³-hybridized carbons (Fsp3) is 0.125. The van der Waals surface area contributed by atoms with Gasteiger partial charge in [0, 0.05) is 0 Å². The first-order valence-corrected chi connectivity index (χ1v) is 4.38. The second-order valence-electron chi connectivity index (χ2n) is 2.28. The van der Waals surface area contributed by atoms with Crippen LogP contribution in [0.25, 0.3) is 0 Å². The number of amides is 1. The Bertz CT molecular complexity index is 270. The van der Waals surface area contributed by atoms with Crippen LogP contribution >= 0.6 is 22.9 Å². The molecule has 0 atom stereocenters. The van der Waals surface area contributed by atoms with Crippen LogP contribution in [0.3, 0.4) is 0 Å². The minimum Gasteiger partial charge on any atom is -0.323 e. The molecule has 0 spiro atoms. The van der Waals surface area contributed by atoms with E-state index in [1.807, 2.05) is 0 Å². The highest BCUT2D eigenvalue weighted by Crippen LogP contribution is 2.18. The average molecular weight is 276 g/mol. The summed E-state index contributed by atoms with van der Waals surface area (Å²) in [5.41, 5.74) is 1.61. The summed E-state index contributed by atoms with van der Waals surface area (Å²) in [4.78, 5) is 11.0. The van der Waals surface area contributed by atoms with Crippen LogP contribution < -0.4 is 5.32 Å². The van der Waals surface area contributed by atoms with Crippen molar-refractivity contribution in [2.24, 2.45) is 0 Å². The number of allylic oxidation sites excluding steroid dienone is 2. The van der Waals surface area contributed by atoms with Crippen molar-refractivity contribution in [2.45, 2.75) is 0 Å². The van der Waals surface area contributed by atoms with Crippen molar-refractivity contribution >= 4 is 28.8 Å². The third-order valence-corrected chi connectivity index (χ3v) is 2.35. The quantitative estimate of drug-likeness (QED) is 0.610. The molecule has 0 saturated carbocycles. The standard InChI is InChI=1S/C8H9IN2O/c1-3-6-7(4-2)11(9)5-8(12)10-6/h3-4H,1-2,5H2,(H,10,12). The number of hydrogen-bond donors (Lipinski definition) is 1. The Labute approximate surface area is 85.3 Å². The number of hydrogen-bond acceptors (Lipinski definition) is 2. The maximum absolute atomic E-state index is 11.0. The second-order valence-corrected chi connectivity index (χ2v) is 3.44. The molecule has 1 aliphatic heterocycles. The summed E-state index contributed by atoms with van der Waals surface area (Å²) < 4.78 is 1.81. The van der Waals surface area contributed by atoms with Crippen LogP contribution in [0.2, 0.25) is 0 Å². The summed E-state index contributed by atoms with van der Waals surface area (Å²) >= 11 is 2.07. The van der Waals surface area contributed by atoms with Crippen molar-refractivity contribution < 1.29 is 4.79 Å². The molecule has 4 heteroatoms. The zero-order chi connectivity index (χ0) is 9.14. The molecule has 3 nitrogen and oxygen atoms in total. The van der Waals surface area contributed by atoms with Crippen LogP contribution in [0.1, 0.15) is 0 Å². The number of nitrogens with one attached hydrogen (secondary N) is 1. The predicted molar refractivity (Wildman–Crippen MR) is 56.3 cm³/mol. The van der Waals surface area contributed by atoms with Gasteiger partial charge in [-0.05, 0) is 12.2 Å². The van der Waals surface area contributed by atoms with Crippen molar-refractivity contribution in [3.8, 4) is 0 Å². The van der Waals surface area contributed by atoms with Gasteiger partial charge in [0.2, 0.25) is 5.91 Å². The molecular formula is C8H9IN2O. The van der Waals surface area contributed by atoms with E-state index in [4.69, 9.17) is 0 Å². The van der Waals surface area contributed by atoms with Gasteiger partial charge in [0.25, 0.3) is 0 Å². The number of rotatable bonds is 2. The Kier molecular flexibility index (Phi) is 2.91. The third kappa shape index (κ3) is 1.69. The minimum absolute atomic E-state index is 0.0232. The lowest BCUT2D eigenvalue weighted by Crippen LogP contribution is -2.38.